The third-order valence-corrected chi connectivity index (χ3v) is 6.46. The fourth-order valence-corrected chi connectivity index (χ4v) is 4.44. The second-order valence-electron chi connectivity index (χ2n) is 6.88. The molecule has 0 atom stereocenters. The van der Waals surface area contributed by atoms with Crippen LogP contribution < -0.4 is 13.8 Å². The van der Waals surface area contributed by atoms with Gasteiger partial charge in [-0.15, -0.1) is 0 Å². The molecule has 0 saturated carbocycles. The summed E-state index contributed by atoms with van der Waals surface area (Å²) in [7, 11) is -0.632. The lowest BCUT2D eigenvalue weighted by Crippen LogP contribution is -2.30. The maximum Gasteiger partial charge on any atom is 0.264 e. The van der Waals surface area contributed by atoms with Gasteiger partial charge in [0.05, 0.1) is 31.3 Å². The van der Waals surface area contributed by atoms with Gasteiger partial charge in [-0.1, -0.05) is 35.4 Å². The first kappa shape index (κ1) is 20.7. The largest absolute Gasteiger partial charge is 0.497 e. The van der Waals surface area contributed by atoms with Gasteiger partial charge in [0.2, 0.25) is 0 Å². The molecule has 29 heavy (non-hydrogen) atoms. The van der Waals surface area contributed by atoms with Crippen molar-refractivity contribution in [2.75, 3.05) is 18.5 Å². The van der Waals surface area contributed by atoms with E-state index in [0.29, 0.717) is 17.2 Å². The lowest BCUT2D eigenvalue weighted by Gasteiger charge is -2.25. The molecular weight excluding hydrogens is 386 g/mol. The van der Waals surface area contributed by atoms with E-state index in [1.54, 1.807) is 44.6 Å². The fraction of sp³-hybridized carbons (Fsp3) is 0.217. The summed E-state index contributed by atoms with van der Waals surface area (Å²) in [5.74, 6) is 1.21. The number of sulfonamides is 1. The van der Waals surface area contributed by atoms with Gasteiger partial charge in [0.15, 0.2) is 0 Å². The second-order valence-corrected chi connectivity index (χ2v) is 8.74. The highest BCUT2D eigenvalue weighted by atomic mass is 32.2. The Bertz CT molecular complexity index is 1050. The Morgan fingerprint density at radius 3 is 1.72 bits per heavy atom. The van der Waals surface area contributed by atoms with Crippen LogP contribution in [0.15, 0.2) is 71.6 Å². The number of methoxy groups -OCH3 is 2. The van der Waals surface area contributed by atoms with Gasteiger partial charge >= 0.3 is 0 Å². The average Bonchev–Trinajstić information content (AvgIpc) is 2.72. The summed E-state index contributed by atoms with van der Waals surface area (Å²) in [6.45, 7) is 4.04. The molecule has 0 N–H and O–H groups in total. The van der Waals surface area contributed by atoms with Crippen LogP contribution in [0.5, 0.6) is 11.5 Å². The van der Waals surface area contributed by atoms with E-state index in [4.69, 9.17) is 9.47 Å². The van der Waals surface area contributed by atoms with Crippen molar-refractivity contribution < 1.29 is 17.9 Å². The fourth-order valence-electron chi connectivity index (χ4n) is 2.99. The van der Waals surface area contributed by atoms with Crippen molar-refractivity contribution in [2.24, 2.45) is 0 Å². The van der Waals surface area contributed by atoms with Gasteiger partial charge in [0, 0.05) is 6.07 Å². The monoisotopic (exact) mass is 411 g/mol. The molecule has 0 spiro atoms. The summed E-state index contributed by atoms with van der Waals surface area (Å²) >= 11 is 0. The van der Waals surface area contributed by atoms with E-state index in [1.165, 1.54) is 4.31 Å². The Hall–Kier alpha value is -2.99. The van der Waals surface area contributed by atoms with Crippen molar-refractivity contribution in [2.45, 2.75) is 25.3 Å². The minimum atomic E-state index is -3.77. The Balaban J connectivity index is 2.09. The quantitative estimate of drug-likeness (QED) is 0.565. The van der Waals surface area contributed by atoms with Crippen LogP contribution >= 0.6 is 0 Å². The Kier molecular flexibility index (Phi) is 6.13. The van der Waals surface area contributed by atoms with Crippen LogP contribution in [0.2, 0.25) is 0 Å². The van der Waals surface area contributed by atoms with Gasteiger partial charge < -0.3 is 9.47 Å². The molecule has 5 nitrogen and oxygen atoms in total. The smallest absolute Gasteiger partial charge is 0.264 e. The van der Waals surface area contributed by atoms with Crippen LogP contribution in [0.4, 0.5) is 5.69 Å². The normalized spacial score (nSPS) is 11.2. The van der Waals surface area contributed by atoms with Crippen LogP contribution in [0, 0.1) is 13.8 Å². The van der Waals surface area contributed by atoms with E-state index in [9.17, 15) is 8.42 Å². The standard InChI is InChI=1S/C23H25NO4S/c1-17-5-9-20(10-6-17)24(29(25,26)23-11-7-18(2)8-12-23)16-19-13-21(27-3)15-22(14-19)28-4/h5-15H,16H2,1-4H3. The molecule has 0 radical (unpaired) electrons. The van der Waals surface area contributed by atoms with Gasteiger partial charge in [-0.3, -0.25) is 4.31 Å². The van der Waals surface area contributed by atoms with Gasteiger partial charge in [-0.05, 0) is 55.8 Å². The van der Waals surface area contributed by atoms with E-state index >= 15 is 0 Å². The topological polar surface area (TPSA) is 55.8 Å². The summed E-state index contributed by atoms with van der Waals surface area (Å²) in [4.78, 5) is 0.249. The molecule has 0 amide bonds. The van der Waals surface area contributed by atoms with Crippen LogP contribution in [-0.2, 0) is 16.6 Å². The first-order valence-electron chi connectivity index (χ1n) is 9.21. The zero-order chi connectivity index (χ0) is 21.0. The Labute approximate surface area is 172 Å². The molecule has 0 saturated heterocycles. The van der Waals surface area contributed by atoms with Crippen molar-refractivity contribution in [3.05, 3.63) is 83.4 Å². The Morgan fingerprint density at radius 2 is 1.24 bits per heavy atom. The molecule has 6 heteroatoms. The number of rotatable bonds is 7. The third kappa shape index (κ3) is 4.71. The van der Waals surface area contributed by atoms with Gasteiger partial charge in [0.1, 0.15) is 11.5 Å². The molecule has 0 aliphatic carbocycles. The number of hydrogen-bond acceptors (Lipinski definition) is 4. The molecule has 0 fully saturated rings. The lowest BCUT2D eigenvalue weighted by molar-refractivity contribution is 0.393. The van der Waals surface area contributed by atoms with Crippen LogP contribution in [-0.4, -0.2) is 22.6 Å². The van der Waals surface area contributed by atoms with Crippen molar-refractivity contribution in [3.8, 4) is 11.5 Å². The van der Waals surface area contributed by atoms with E-state index < -0.39 is 10.0 Å². The first-order valence-corrected chi connectivity index (χ1v) is 10.7. The molecule has 0 aliphatic heterocycles. The number of benzene rings is 3. The maximum atomic E-state index is 13.5. The average molecular weight is 412 g/mol. The molecule has 3 aromatic carbocycles. The molecule has 0 heterocycles. The summed E-state index contributed by atoms with van der Waals surface area (Å²) < 4.78 is 39.1. The van der Waals surface area contributed by atoms with Crippen LogP contribution in [0.3, 0.4) is 0 Å². The zero-order valence-corrected chi connectivity index (χ0v) is 17.9. The highest BCUT2D eigenvalue weighted by Crippen LogP contribution is 2.29. The molecule has 0 aliphatic rings. The van der Waals surface area contributed by atoms with Crippen molar-refractivity contribution in [1.82, 2.24) is 0 Å². The van der Waals surface area contributed by atoms with E-state index in [-0.39, 0.29) is 11.4 Å². The van der Waals surface area contributed by atoms with Gasteiger partial charge in [0.25, 0.3) is 10.0 Å². The highest BCUT2D eigenvalue weighted by Gasteiger charge is 2.25. The maximum absolute atomic E-state index is 13.5. The van der Waals surface area contributed by atoms with E-state index in [1.807, 2.05) is 50.2 Å². The van der Waals surface area contributed by atoms with Crippen molar-refractivity contribution >= 4 is 15.7 Å². The molecular formula is C23H25NO4S. The SMILES string of the molecule is COc1cc(CN(c2ccc(C)cc2)S(=O)(=O)c2ccc(C)cc2)cc(OC)c1. The number of hydrogen-bond donors (Lipinski definition) is 0. The molecule has 0 bridgehead atoms. The molecule has 0 unspecified atom stereocenters. The van der Waals surface area contributed by atoms with Gasteiger partial charge in [-0.2, -0.15) is 0 Å². The molecule has 3 rings (SSSR count). The predicted molar refractivity (Wildman–Crippen MR) is 115 cm³/mol. The third-order valence-electron chi connectivity index (χ3n) is 4.67. The van der Waals surface area contributed by atoms with E-state index in [2.05, 4.69) is 0 Å². The summed E-state index contributed by atoms with van der Waals surface area (Å²) in [5, 5.41) is 0. The number of anilines is 1. The van der Waals surface area contributed by atoms with Crippen molar-refractivity contribution in [1.29, 1.82) is 0 Å². The lowest BCUT2D eigenvalue weighted by atomic mass is 10.2. The number of ether oxygens (including phenoxy) is 2. The minimum Gasteiger partial charge on any atom is -0.497 e. The summed E-state index contributed by atoms with van der Waals surface area (Å²) in [5.41, 5.74) is 3.42. The van der Waals surface area contributed by atoms with E-state index in [0.717, 1.165) is 16.7 Å². The molecule has 3 aromatic rings. The molecule has 0 aromatic heterocycles. The number of aryl methyl sites for hydroxylation is 2. The predicted octanol–water partition coefficient (Wildman–Crippen LogP) is 4.72. The summed E-state index contributed by atoms with van der Waals surface area (Å²) in [6.07, 6.45) is 0. The van der Waals surface area contributed by atoms with Crippen molar-refractivity contribution in [3.63, 3.8) is 0 Å². The molecule has 152 valence electrons. The number of nitrogens with zero attached hydrogens (tertiary/aromatic N) is 1. The van der Waals surface area contributed by atoms with Crippen LogP contribution in [0.25, 0.3) is 0 Å². The Morgan fingerprint density at radius 1 is 0.759 bits per heavy atom. The zero-order valence-electron chi connectivity index (χ0n) is 17.0. The van der Waals surface area contributed by atoms with Gasteiger partial charge in [-0.25, -0.2) is 8.42 Å². The minimum absolute atomic E-state index is 0.146. The first-order chi connectivity index (χ1) is 13.8. The summed E-state index contributed by atoms with van der Waals surface area (Å²) in [6, 6.07) is 19.7. The van der Waals surface area contributed by atoms with Crippen LogP contribution in [0.1, 0.15) is 16.7 Å². The highest BCUT2D eigenvalue weighted by molar-refractivity contribution is 7.92. The second kappa shape index (κ2) is 8.57.